The highest BCUT2D eigenvalue weighted by Gasteiger charge is 2.32. The number of hydrogen-bond acceptors (Lipinski definition) is 9. The smallest absolute Gasteiger partial charge is 0.305 e. The molecule has 1 heterocycles. The summed E-state index contributed by atoms with van der Waals surface area (Å²) in [6.45, 7) is 1.33. The van der Waals surface area contributed by atoms with E-state index in [4.69, 9.17) is 11.5 Å². The number of phenolic OH excluding ortho intramolecular Hbond substituents is 1. The average Bonchev–Trinajstić information content (AvgIpc) is 3.61. The zero-order valence-electron chi connectivity index (χ0n) is 32.0. The van der Waals surface area contributed by atoms with Crippen LogP contribution in [0.1, 0.15) is 49.3 Å². The van der Waals surface area contributed by atoms with E-state index in [0.29, 0.717) is 29.5 Å². The Morgan fingerprint density at radius 2 is 1.29 bits per heavy atom. The number of aromatic amines is 1. The second-order valence-electron chi connectivity index (χ2n) is 13.9. The molecule has 0 spiro atoms. The Balaban J connectivity index is 1.48. The Labute approximate surface area is 334 Å². The van der Waals surface area contributed by atoms with Crippen molar-refractivity contribution in [2.75, 3.05) is 6.54 Å². The van der Waals surface area contributed by atoms with E-state index in [2.05, 4.69) is 31.6 Å². The molecule has 0 saturated carbocycles. The van der Waals surface area contributed by atoms with Crippen LogP contribution in [-0.4, -0.2) is 93.4 Å². The lowest BCUT2D eigenvalue weighted by Gasteiger charge is -2.26. The Morgan fingerprint density at radius 3 is 1.97 bits per heavy atom. The van der Waals surface area contributed by atoms with E-state index in [-0.39, 0.29) is 31.4 Å². The van der Waals surface area contributed by atoms with Crippen molar-refractivity contribution in [1.82, 2.24) is 31.6 Å². The molecule has 17 nitrogen and oxygen atoms in total. The van der Waals surface area contributed by atoms with Crippen LogP contribution in [0.4, 0.5) is 0 Å². The number of benzene rings is 3. The molecule has 0 fully saturated rings. The lowest BCUT2D eigenvalue weighted by atomic mass is 10.0. The van der Waals surface area contributed by atoms with E-state index in [9.17, 15) is 43.8 Å². The van der Waals surface area contributed by atoms with E-state index in [0.717, 1.165) is 10.9 Å². The summed E-state index contributed by atoms with van der Waals surface area (Å²) in [4.78, 5) is 94.3. The molecular formula is C41H50N8O9. The molecule has 6 amide bonds. The number of aromatic hydroxyl groups is 1. The summed E-state index contributed by atoms with van der Waals surface area (Å²) in [5.74, 6) is -6.17. The van der Waals surface area contributed by atoms with Gasteiger partial charge >= 0.3 is 5.97 Å². The van der Waals surface area contributed by atoms with Crippen LogP contribution in [0, 0.1) is 0 Å². The van der Waals surface area contributed by atoms with Gasteiger partial charge < -0.3 is 53.2 Å². The molecule has 17 heteroatoms. The van der Waals surface area contributed by atoms with Crippen molar-refractivity contribution in [2.24, 2.45) is 11.5 Å². The molecule has 0 aliphatic carbocycles. The Kier molecular flexibility index (Phi) is 16.3. The van der Waals surface area contributed by atoms with Gasteiger partial charge in [-0.05, 0) is 47.7 Å². The quantitative estimate of drug-likeness (QED) is 0.0523. The maximum absolute atomic E-state index is 14.0. The summed E-state index contributed by atoms with van der Waals surface area (Å²) in [6, 6.07) is 15.7. The van der Waals surface area contributed by atoms with Crippen molar-refractivity contribution >= 4 is 52.3 Å². The van der Waals surface area contributed by atoms with Crippen molar-refractivity contribution < 1.29 is 43.8 Å². The van der Waals surface area contributed by atoms with Crippen LogP contribution in [0.25, 0.3) is 10.9 Å². The summed E-state index contributed by atoms with van der Waals surface area (Å²) in [7, 11) is 0. The van der Waals surface area contributed by atoms with Gasteiger partial charge in [0, 0.05) is 29.9 Å². The van der Waals surface area contributed by atoms with E-state index < -0.39 is 84.6 Å². The molecule has 3 aromatic carbocycles. The average molecular weight is 799 g/mol. The largest absolute Gasteiger partial charge is 0.508 e. The van der Waals surface area contributed by atoms with Gasteiger partial charge in [-0.15, -0.1) is 0 Å². The third-order valence-electron chi connectivity index (χ3n) is 9.34. The fourth-order valence-corrected chi connectivity index (χ4v) is 6.20. The van der Waals surface area contributed by atoms with Crippen LogP contribution >= 0.6 is 0 Å². The summed E-state index contributed by atoms with van der Waals surface area (Å²) in [5.41, 5.74) is 14.4. The van der Waals surface area contributed by atoms with Gasteiger partial charge in [-0.1, -0.05) is 80.4 Å². The summed E-state index contributed by atoms with van der Waals surface area (Å²) in [5, 5.41) is 32.6. The number of nitrogens with one attached hydrogen (secondary N) is 6. The number of unbranched alkanes of at least 4 members (excludes halogenated alkanes) is 1. The van der Waals surface area contributed by atoms with Gasteiger partial charge in [0.15, 0.2) is 0 Å². The lowest BCUT2D eigenvalue weighted by Crippen LogP contribution is -2.59. The van der Waals surface area contributed by atoms with Gasteiger partial charge in [0.2, 0.25) is 35.4 Å². The van der Waals surface area contributed by atoms with E-state index >= 15 is 0 Å². The van der Waals surface area contributed by atoms with Crippen molar-refractivity contribution in [3.05, 3.63) is 102 Å². The minimum absolute atomic E-state index is 0.0185. The first-order valence-electron chi connectivity index (χ1n) is 18.9. The standard InChI is InChI=1S/C41H50N8O9/c1-2-3-12-31(39(56)49-34(21-36(52)53)41(58)48-32(37(43)54)19-24-9-5-4-6-10-24)47-40(57)33(20-26-22-44-30-13-8-7-11-28(26)30)46-35(51)23-45-38(55)29(42)18-25-14-16-27(50)17-15-25/h4-11,13-17,22,29,31-34,44,50H,2-3,12,18-21,23,42H2,1H3,(H2,43,54)(H,45,55)(H,46,51)(H,47,57)(H,48,58)(H,49,56)(H,52,53)/t29-,31-,32-,33-,34-/m0/s1. The predicted octanol–water partition coefficient (Wildman–Crippen LogP) is 0.434. The first-order chi connectivity index (χ1) is 27.7. The number of carbonyl (C=O) groups excluding carboxylic acids is 6. The van der Waals surface area contributed by atoms with Crippen LogP contribution in [0.15, 0.2) is 85.1 Å². The number of carboxylic acids is 1. The fourth-order valence-electron chi connectivity index (χ4n) is 6.20. The number of carboxylic acid groups (broad SMARTS) is 1. The SMILES string of the molecule is CCCC[C@H](NC(=O)[C@H](Cc1c[nH]c2ccccc12)NC(=O)CNC(=O)[C@@H](N)Cc1ccc(O)cc1)C(=O)N[C@@H](CC(=O)O)C(=O)N[C@@H](Cc1ccccc1)C(N)=O. The predicted molar refractivity (Wildman–Crippen MR) is 214 cm³/mol. The number of aromatic nitrogens is 1. The monoisotopic (exact) mass is 798 g/mol. The number of nitrogens with two attached hydrogens (primary N) is 2. The first-order valence-corrected chi connectivity index (χ1v) is 18.9. The van der Waals surface area contributed by atoms with Gasteiger partial charge in [-0.3, -0.25) is 33.6 Å². The fraction of sp³-hybridized carbons (Fsp3) is 0.341. The minimum atomic E-state index is -1.64. The molecule has 308 valence electrons. The molecule has 58 heavy (non-hydrogen) atoms. The maximum Gasteiger partial charge on any atom is 0.305 e. The molecule has 4 rings (SSSR count). The van der Waals surface area contributed by atoms with Gasteiger partial charge in [-0.25, -0.2) is 0 Å². The Hall–Kier alpha value is -6.75. The van der Waals surface area contributed by atoms with Crippen molar-refractivity contribution in [2.45, 2.75) is 82.1 Å². The molecule has 0 aliphatic rings. The van der Waals surface area contributed by atoms with Crippen LogP contribution in [0.5, 0.6) is 5.75 Å². The number of aliphatic carboxylic acids is 1. The van der Waals surface area contributed by atoms with Crippen LogP contribution in [0.2, 0.25) is 0 Å². The number of rotatable bonds is 22. The maximum atomic E-state index is 14.0. The topological polar surface area (TPSA) is 288 Å². The third kappa shape index (κ3) is 13.5. The normalized spacial score (nSPS) is 13.6. The van der Waals surface area contributed by atoms with Crippen LogP contribution in [-0.2, 0) is 52.8 Å². The van der Waals surface area contributed by atoms with E-state index in [1.165, 1.54) is 12.1 Å². The first kappa shape index (κ1) is 44.0. The highest BCUT2D eigenvalue weighted by atomic mass is 16.4. The molecule has 0 saturated heterocycles. The second kappa shape index (κ2) is 21.5. The zero-order chi connectivity index (χ0) is 42.2. The third-order valence-corrected chi connectivity index (χ3v) is 9.34. The summed E-state index contributed by atoms with van der Waals surface area (Å²) in [6.07, 6.45) is 2.13. The Bertz CT molecular complexity index is 2050. The van der Waals surface area contributed by atoms with Crippen molar-refractivity contribution in [3.8, 4) is 5.75 Å². The second-order valence-corrected chi connectivity index (χ2v) is 13.9. The molecule has 0 bridgehead atoms. The molecule has 0 aliphatic heterocycles. The number of hydrogen-bond donors (Lipinski definition) is 10. The van der Waals surface area contributed by atoms with Crippen LogP contribution < -0.4 is 38.1 Å². The number of H-pyrrole nitrogens is 1. The van der Waals surface area contributed by atoms with Gasteiger partial charge in [-0.2, -0.15) is 0 Å². The zero-order valence-corrected chi connectivity index (χ0v) is 32.0. The molecule has 5 atom stereocenters. The molecule has 1 aromatic heterocycles. The number of para-hydroxylation sites is 1. The van der Waals surface area contributed by atoms with Gasteiger partial charge in [0.25, 0.3) is 0 Å². The number of carbonyl (C=O) groups is 7. The minimum Gasteiger partial charge on any atom is -0.508 e. The molecular weight excluding hydrogens is 748 g/mol. The van der Waals surface area contributed by atoms with E-state index in [1.54, 1.807) is 48.7 Å². The highest BCUT2D eigenvalue weighted by Crippen LogP contribution is 2.19. The molecule has 0 unspecified atom stereocenters. The highest BCUT2D eigenvalue weighted by molar-refractivity contribution is 5.97. The lowest BCUT2D eigenvalue weighted by molar-refractivity contribution is -0.141. The number of fused-ring (bicyclic) bond motifs is 1. The van der Waals surface area contributed by atoms with Gasteiger partial charge in [0.05, 0.1) is 19.0 Å². The van der Waals surface area contributed by atoms with Crippen LogP contribution in [0.3, 0.4) is 0 Å². The number of amides is 6. The number of primary amides is 1. The number of phenols is 1. The van der Waals surface area contributed by atoms with Crippen molar-refractivity contribution in [3.63, 3.8) is 0 Å². The molecule has 4 aromatic rings. The molecule has 12 N–H and O–H groups in total. The molecule has 0 radical (unpaired) electrons. The Morgan fingerprint density at radius 1 is 0.690 bits per heavy atom. The summed E-state index contributed by atoms with van der Waals surface area (Å²) >= 11 is 0. The van der Waals surface area contributed by atoms with E-state index in [1.807, 2.05) is 31.2 Å². The van der Waals surface area contributed by atoms with Gasteiger partial charge in [0.1, 0.15) is 29.9 Å². The summed E-state index contributed by atoms with van der Waals surface area (Å²) < 4.78 is 0. The van der Waals surface area contributed by atoms with Crippen molar-refractivity contribution in [1.29, 1.82) is 0 Å².